The van der Waals surface area contributed by atoms with E-state index in [1.807, 2.05) is 0 Å². The first-order valence-corrected chi connectivity index (χ1v) is 6.70. The van der Waals surface area contributed by atoms with E-state index in [0.717, 1.165) is 19.2 Å². The SMILES string of the molecule is COC(=O)C(Cc1cc(Cl)ccc1C(=O)F)SC(F)(F)F. The van der Waals surface area contributed by atoms with Crippen LogP contribution in [0.25, 0.3) is 0 Å². The van der Waals surface area contributed by atoms with Gasteiger partial charge in [-0.15, -0.1) is 0 Å². The first-order valence-electron chi connectivity index (χ1n) is 5.44. The molecule has 0 aliphatic rings. The number of carbonyl (C=O) groups excluding carboxylic acids is 2. The van der Waals surface area contributed by atoms with E-state index in [1.165, 1.54) is 6.07 Å². The molecule has 1 atom stereocenters. The van der Waals surface area contributed by atoms with Crippen molar-refractivity contribution in [2.75, 3.05) is 7.11 Å². The Labute approximate surface area is 126 Å². The number of rotatable bonds is 5. The lowest BCUT2D eigenvalue weighted by Gasteiger charge is -2.17. The summed E-state index contributed by atoms with van der Waals surface area (Å²) >= 11 is 5.08. The van der Waals surface area contributed by atoms with E-state index in [0.29, 0.717) is 0 Å². The van der Waals surface area contributed by atoms with Crippen molar-refractivity contribution in [2.45, 2.75) is 17.2 Å². The largest absolute Gasteiger partial charge is 0.468 e. The summed E-state index contributed by atoms with van der Waals surface area (Å²) < 4.78 is 54.5. The van der Waals surface area contributed by atoms with Gasteiger partial charge in [-0.2, -0.15) is 17.6 Å². The molecule has 0 heterocycles. The molecule has 9 heteroatoms. The highest BCUT2D eigenvalue weighted by molar-refractivity contribution is 8.01. The van der Waals surface area contributed by atoms with Crippen LogP contribution in [0.2, 0.25) is 5.02 Å². The van der Waals surface area contributed by atoms with Crippen molar-refractivity contribution in [2.24, 2.45) is 0 Å². The Bertz CT molecular complexity index is 548. The number of hydrogen-bond donors (Lipinski definition) is 0. The van der Waals surface area contributed by atoms with Crippen molar-refractivity contribution in [1.29, 1.82) is 0 Å². The fraction of sp³-hybridized carbons (Fsp3) is 0.333. The highest BCUT2D eigenvalue weighted by atomic mass is 35.5. The van der Waals surface area contributed by atoms with E-state index < -0.39 is 46.5 Å². The van der Waals surface area contributed by atoms with Crippen LogP contribution in [0, 0.1) is 0 Å². The summed E-state index contributed by atoms with van der Waals surface area (Å²) in [6.45, 7) is 0. The van der Waals surface area contributed by atoms with Crippen LogP contribution in [0.5, 0.6) is 0 Å². The van der Waals surface area contributed by atoms with Gasteiger partial charge in [-0.1, -0.05) is 11.6 Å². The van der Waals surface area contributed by atoms with Gasteiger partial charge in [0.2, 0.25) is 0 Å². The van der Waals surface area contributed by atoms with Gasteiger partial charge in [0.15, 0.2) is 0 Å². The van der Waals surface area contributed by atoms with E-state index in [4.69, 9.17) is 11.6 Å². The average molecular weight is 345 g/mol. The molecule has 0 aliphatic heterocycles. The molecule has 1 aromatic carbocycles. The Hall–Kier alpha value is -1.28. The fourth-order valence-electron chi connectivity index (χ4n) is 1.59. The van der Waals surface area contributed by atoms with Crippen LogP contribution in [-0.4, -0.2) is 29.9 Å². The van der Waals surface area contributed by atoms with Crippen LogP contribution in [0.15, 0.2) is 18.2 Å². The predicted octanol–water partition coefficient (Wildman–Crippen LogP) is 3.79. The summed E-state index contributed by atoms with van der Waals surface area (Å²) in [6.07, 6.45) is -0.539. The van der Waals surface area contributed by atoms with E-state index >= 15 is 0 Å². The Morgan fingerprint density at radius 1 is 1.38 bits per heavy atom. The van der Waals surface area contributed by atoms with Crippen molar-refractivity contribution in [3.8, 4) is 0 Å². The van der Waals surface area contributed by atoms with Crippen LogP contribution in [0.3, 0.4) is 0 Å². The number of halogens is 5. The molecule has 21 heavy (non-hydrogen) atoms. The van der Waals surface area contributed by atoms with Gasteiger partial charge in [0, 0.05) is 5.02 Å². The van der Waals surface area contributed by atoms with E-state index in [2.05, 4.69) is 4.74 Å². The van der Waals surface area contributed by atoms with E-state index in [-0.39, 0.29) is 10.6 Å². The number of alkyl halides is 3. The number of hydrogen-bond acceptors (Lipinski definition) is 4. The third kappa shape index (κ3) is 5.55. The second-order valence-electron chi connectivity index (χ2n) is 3.85. The molecule has 1 unspecified atom stereocenters. The molecule has 0 saturated carbocycles. The third-order valence-electron chi connectivity index (χ3n) is 2.42. The lowest BCUT2D eigenvalue weighted by molar-refractivity contribution is -0.140. The van der Waals surface area contributed by atoms with Crippen LogP contribution in [0.1, 0.15) is 15.9 Å². The second kappa shape index (κ2) is 7.13. The minimum Gasteiger partial charge on any atom is -0.468 e. The maximum atomic E-state index is 12.9. The lowest BCUT2D eigenvalue weighted by atomic mass is 10.0. The molecule has 116 valence electrons. The van der Waals surface area contributed by atoms with Gasteiger partial charge >= 0.3 is 17.5 Å². The summed E-state index contributed by atoms with van der Waals surface area (Å²) in [5.41, 5.74) is -5.21. The minimum absolute atomic E-state index is 0.0952. The topological polar surface area (TPSA) is 43.4 Å². The lowest BCUT2D eigenvalue weighted by Crippen LogP contribution is -2.26. The molecular weight excluding hydrogens is 336 g/mol. The molecular formula is C12H9ClF4O3S. The number of carbonyl (C=O) groups is 2. The van der Waals surface area contributed by atoms with Crippen molar-refractivity contribution in [3.05, 3.63) is 34.3 Å². The van der Waals surface area contributed by atoms with Crippen molar-refractivity contribution in [1.82, 2.24) is 0 Å². The molecule has 0 aromatic heterocycles. The Kier molecular flexibility index (Phi) is 6.03. The summed E-state index contributed by atoms with van der Waals surface area (Å²) in [5.74, 6) is -1.13. The van der Waals surface area contributed by atoms with Gasteiger partial charge in [-0.25, -0.2) is 0 Å². The van der Waals surface area contributed by atoms with E-state index in [9.17, 15) is 27.2 Å². The Morgan fingerprint density at radius 2 is 2.00 bits per heavy atom. The van der Waals surface area contributed by atoms with E-state index in [1.54, 1.807) is 0 Å². The number of thioether (sulfide) groups is 1. The first kappa shape index (κ1) is 17.8. The molecule has 0 fully saturated rings. The normalized spacial score (nSPS) is 12.9. The zero-order valence-corrected chi connectivity index (χ0v) is 12.1. The van der Waals surface area contributed by atoms with Crippen molar-refractivity contribution >= 4 is 35.4 Å². The fourth-order valence-corrected chi connectivity index (χ4v) is 2.56. The van der Waals surface area contributed by atoms with Crippen LogP contribution < -0.4 is 0 Å². The van der Waals surface area contributed by atoms with Crippen molar-refractivity contribution in [3.63, 3.8) is 0 Å². The molecule has 0 aliphatic carbocycles. The van der Waals surface area contributed by atoms with Crippen molar-refractivity contribution < 1.29 is 31.9 Å². The predicted molar refractivity (Wildman–Crippen MR) is 70.0 cm³/mol. The second-order valence-corrected chi connectivity index (χ2v) is 5.56. The van der Waals surface area contributed by atoms with Crippen LogP contribution in [-0.2, 0) is 16.0 Å². The number of ether oxygens (including phenoxy) is 1. The molecule has 0 radical (unpaired) electrons. The molecule has 1 rings (SSSR count). The Balaban J connectivity index is 3.11. The monoisotopic (exact) mass is 344 g/mol. The van der Waals surface area contributed by atoms with Gasteiger partial charge in [0.1, 0.15) is 5.25 Å². The number of methoxy groups -OCH3 is 1. The molecule has 0 amide bonds. The molecule has 1 aromatic rings. The molecule has 0 spiro atoms. The molecule has 0 saturated heterocycles. The zero-order valence-electron chi connectivity index (χ0n) is 10.5. The first-order chi connectivity index (χ1) is 9.64. The number of esters is 1. The van der Waals surface area contributed by atoms with Crippen LogP contribution >= 0.6 is 23.4 Å². The highest BCUT2D eigenvalue weighted by Crippen LogP contribution is 2.36. The standard InChI is InChI=1S/C12H9ClF4O3S/c1-20-11(19)9(21-12(15,16)17)5-6-4-7(13)2-3-8(6)10(14)18/h2-4,9H,5H2,1H3. The van der Waals surface area contributed by atoms with Gasteiger partial charge < -0.3 is 4.74 Å². The zero-order chi connectivity index (χ0) is 16.2. The van der Waals surface area contributed by atoms with Gasteiger partial charge in [-0.3, -0.25) is 9.59 Å². The van der Waals surface area contributed by atoms with Gasteiger partial charge in [0.25, 0.3) is 0 Å². The maximum absolute atomic E-state index is 12.9. The van der Waals surface area contributed by atoms with Gasteiger partial charge in [-0.05, 0) is 41.9 Å². The van der Waals surface area contributed by atoms with Crippen LogP contribution in [0.4, 0.5) is 17.6 Å². The summed E-state index contributed by atoms with van der Waals surface area (Å²) in [4.78, 5) is 22.2. The summed E-state index contributed by atoms with van der Waals surface area (Å²) in [7, 11) is 0.936. The van der Waals surface area contributed by atoms with Gasteiger partial charge in [0.05, 0.1) is 12.7 Å². The highest BCUT2D eigenvalue weighted by Gasteiger charge is 2.37. The third-order valence-corrected chi connectivity index (χ3v) is 3.57. The summed E-state index contributed by atoms with van der Waals surface area (Å²) in [5, 5.41) is -1.55. The summed E-state index contributed by atoms with van der Waals surface area (Å²) in [6, 6.07) is 1.60. The molecule has 0 bridgehead atoms. The Morgan fingerprint density at radius 3 is 2.48 bits per heavy atom. The number of benzene rings is 1. The molecule has 0 N–H and O–H groups in total. The average Bonchev–Trinajstić information content (AvgIpc) is 2.35. The molecule has 3 nitrogen and oxygen atoms in total. The maximum Gasteiger partial charge on any atom is 0.442 e. The minimum atomic E-state index is -4.68. The smallest absolute Gasteiger partial charge is 0.442 e. The quantitative estimate of drug-likeness (QED) is 0.463.